The van der Waals surface area contributed by atoms with Crippen molar-refractivity contribution in [3.8, 4) is 5.88 Å². The second-order valence-corrected chi connectivity index (χ2v) is 12.7. The number of thioether (sulfide) groups is 1. The summed E-state index contributed by atoms with van der Waals surface area (Å²) in [4.78, 5) is 23.6. The van der Waals surface area contributed by atoms with E-state index in [1.54, 1.807) is 23.1 Å². The Morgan fingerprint density at radius 3 is 2.59 bits per heavy atom. The van der Waals surface area contributed by atoms with Crippen molar-refractivity contribution in [2.24, 2.45) is 0 Å². The molecule has 2 aromatic heterocycles. The van der Waals surface area contributed by atoms with Crippen molar-refractivity contribution in [2.75, 3.05) is 24.2 Å². The van der Waals surface area contributed by atoms with Crippen LogP contribution in [0.15, 0.2) is 98.6 Å². The highest BCUT2D eigenvalue weighted by molar-refractivity contribution is 7.99. The third-order valence-corrected chi connectivity index (χ3v) is 9.48. The van der Waals surface area contributed by atoms with E-state index in [1.165, 1.54) is 48.2 Å². The third-order valence-electron chi connectivity index (χ3n) is 6.92. The highest BCUT2D eigenvalue weighted by atomic mass is 32.2. The van der Waals surface area contributed by atoms with E-state index in [1.807, 2.05) is 24.3 Å². The maximum absolute atomic E-state index is 13.7. The molecule has 226 valence electrons. The maximum atomic E-state index is 13.7. The minimum absolute atomic E-state index is 0.0855. The molecular formula is C29H25FN6O6S2. The van der Waals surface area contributed by atoms with Gasteiger partial charge in [0.05, 0.1) is 21.3 Å². The van der Waals surface area contributed by atoms with Crippen molar-refractivity contribution in [1.82, 2.24) is 20.0 Å². The SMILES string of the molecule is O=C(CSc1nc(Nc2cccc(F)c2)c2ccccc2n1)N1CCC(Oc2no[n+]([O-])c2S(=O)(=O)c2ccccc2)CC1. The Kier molecular flexibility index (Phi) is 8.30. The molecule has 1 fully saturated rings. The van der Waals surface area contributed by atoms with Gasteiger partial charge in [-0.25, -0.2) is 22.8 Å². The van der Waals surface area contributed by atoms with Crippen molar-refractivity contribution < 1.29 is 31.9 Å². The molecule has 3 aromatic carbocycles. The van der Waals surface area contributed by atoms with Gasteiger partial charge in [0.1, 0.15) is 17.7 Å². The van der Waals surface area contributed by atoms with Gasteiger partial charge in [0, 0.05) is 37.0 Å². The summed E-state index contributed by atoms with van der Waals surface area (Å²) in [5.41, 5.74) is 1.21. The van der Waals surface area contributed by atoms with E-state index in [9.17, 15) is 22.8 Å². The van der Waals surface area contributed by atoms with E-state index in [0.29, 0.717) is 48.1 Å². The molecule has 1 aliphatic heterocycles. The summed E-state index contributed by atoms with van der Waals surface area (Å²) >= 11 is 1.19. The van der Waals surface area contributed by atoms with E-state index in [2.05, 4.69) is 25.1 Å². The first-order valence-corrected chi connectivity index (χ1v) is 16.0. The Morgan fingerprint density at radius 2 is 1.82 bits per heavy atom. The van der Waals surface area contributed by atoms with E-state index in [0.717, 1.165) is 5.39 Å². The fourth-order valence-electron chi connectivity index (χ4n) is 4.74. The van der Waals surface area contributed by atoms with E-state index >= 15 is 0 Å². The molecular weight excluding hydrogens is 611 g/mol. The van der Waals surface area contributed by atoms with Gasteiger partial charge in [0.25, 0.3) is 9.84 Å². The van der Waals surface area contributed by atoms with Crippen LogP contribution in [0, 0.1) is 11.0 Å². The topological polar surface area (TPSA) is 154 Å². The summed E-state index contributed by atoms with van der Waals surface area (Å²) in [7, 11) is -4.23. The molecule has 0 unspecified atom stereocenters. The van der Waals surface area contributed by atoms with Crippen molar-refractivity contribution in [3.63, 3.8) is 0 Å². The maximum Gasteiger partial charge on any atom is 0.415 e. The van der Waals surface area contributed by atoms with E-state index in [4.69, 9.17) is 4.74 Å². The zero-order chi connectivity index (χ0) is 30.7. The number of ether oxygens (including phenoxy) is 1. The minimum atomic E-state index is -4.23. The molecule has 1 amide bonds. The monoisotopic (exact) mass is 636 g/mol. The average molecular weight is 637 g/mol. The standard InChI is InChI=1S/C29H25FN6O6S2/c30-19-7-6-8-20(17-19)31-26-23-11-4-5-12-24(23)32-29(33-26)43-18-25(37)35-15-13-21(14-16-35)41-27-28(36(38)42-34-27)44(39,40)22-9-2-1-3-10-22/h1-12,17,21H,13-16,18H2,(H,31,32,33). The van der Waals surface area contributed by atoms with Crippen LogP contribution < -0.4 is 15.0 Å². The molecule has 0 radical (unpaired) electrons. The number of halogens is 1. The second kappa shape index (κ2) is 12.5. The lowest BCUT2D eigenvalue weighted by Gasteiger charge is -2.31. The summed E-state index contributed by atoms with van der Waals surface area (Å²) < 4.78 is 50.1. The fourth-order valence-corrected chi connectivity index (χ4v) is 6.78. The molecule has 0 atom stereocenters. The Bertz CT molecular complexity index is 1920. The first kappa shape index (κ1) is 29.3. The normalized spacial score (nSPS) is 14.1. The largest absolute Gasteiger partial charge is 0.451 e. The van der Waals surface area contributed by atoms with Crippen LogP contribution in [0.3, 0.4) is 0 Å². The number of benzene rings is 3. The molecule has 0 bridgehead atoms. The number of amides is 1. The molecule has 6 rings (SSSR count). The van der Waals surface area contributed by atoms with Crippen LogP contribution in [-0.4, -0.2) is 59.3 Å². The van der Waals surface area contributed by atoms with Gasteiger partial charge in [0.15, 0.2) is 5.16 Å². The highest BCUT2D eigenvalue weighted by Gasteiger charge is 2.37. The molecule has 0 saturated carbocycles. The van der Waals surface area contributed by atoms with Crippen molar-refractivity contribution in [3.05, 3.63) is 89.9 Å². The number of hydrogen-bond donors (Lipinski definition) is 1. The number of para-hydroxylation sites is 1. The lowest BCUT2D eigenvalue weighted by atomic mass is 10.1. The number of sulfone groups is 1. The number of rotatable bonds is 9. The molecule has 3 heterocycles. The smallest absolute Gasteiger partial charge is 0.415 e. The number of nitrogens with one attached hydrogen (secondary N) is 1. The quantitative estimate of drug-likeness (QED) is 0.141. The molecule has 1 aliphatic rings. The van der Waals surface area contributed by atoms with Gasteiger partial charge in [-0.05, 0) is 47.4 Å². The Labute approximate surface area is 255 Å². The predicted octanol–water partition coefficient (Wildman–Crippen LogP) is 4.13. The number of hydrogen-bond acceptors (Lipinski definition) is 11. The number of nitrogens with zero attached hydrogens (tertiary/aromatic N) is 5. The molecule has 12 nitrogen and oxygen atoms in total. The zero-order valence-electron chi connectivity index (χ0n) is 23.0. The predicted molar refractivity (Wildman–Crippen MR) is 158 cm³/mol. The summed E-state index contributed by atoms with van der Waals surface area (Å²) in [6.07, 6.45) is 0.296. The molecule has 1 saturated heterocycles. The van der Waals surface area contributed by atoms with Crippen LogP contribution >= 0.6 is 11.8 Å². The summed E-state index contributed by atoms with van der Waals surface area (Å²) in [5.74, 6) is -0.343. The molecule has 1 N–H and O–H groups in total. The van der Waals surface area contributed by atoms with Crippen molar-refractivity contribution >= 4 is 49.9 Å². The van der Waals surface area contributed by atoms with Crippen LogP contribution in [0.5, 0.6) is 5.88 Å². The zero-order valence-corrected chi connectivity index (χ0v) is 24.6. The highest BCUT2D eigenvalue weighted by Crippen LogP contribution is 2.29. The Hall–Kier alpha value is -4.76. The first-order valence-electron chi connectivity index (χ1n) is 13.5. The molecule has 5 aromatic rings. The van der Waals surface area contributed by atoms with Gasteiger partial charge in [-0.2, -0.15) is 0 Å². The van der Waals surface area contributed by atoms with Gasteiger partial charge in [-0.3, -0.25) is 9.42 Å². The van der Waals surface area contributed by atoms with Crippen molar-refractivity contribution in [1.29, 1.82) is 0 Å². The first-order chi connectivity index (χ1) is 21.3. The molecule has 15 heteroatoms. The lowest BCUT2D eigenvalue weighted by Crippen LogP contribution is -2.42. The lowest BCUT2D eigenvalue weighted by molar-refractivity contribution is -0.832. The summed E-state index contributed by atoms with van der Waals surface area (Å²) in [6.45, 7) is 0.704. The van der Waals surface area contributed by atoms with Crippen LogP contribution in [0.2, 0.25) is 0 Å². The van der Waals surface area contributed by atoms with Gasteiger partial charge in [-0.15, -0.1) is 0 Å². The average Bonchev–Trinajstić information content (AvgIpc) is 3.41. The number of carbonyl (C=O) groups excluding carboxylic acids is 1. The summed E-state index contributed by atoms with van der Waals surface area (Å²) in [6, 6.07) is 20.9. The minimum Gasteiger partial charge on any atom is -0.451 e. The Balaban J connectivity index is 1.08. The van der Waals surface area contributed by atoms with Gasteiger partial charge >= 0.3 is 10.9 Å². The van der Waals surface area contributed by atoms with Gasteiger partial charge in [-0.1, -0.05) is 48.2 Å². The number of anilines is 2. The number of carbonyl (C=O) groups is 1. The van der Waals surface area contributed by atoms with Crippen LogP contribution in [0.1, 0.15) is 12.8 Å². The van der Waals surface area contributed by atoms with Gasteiger partial charge < -0.3 is 20.2 Å². The summed E-state index contributed by atoms with van der Waals surface area (Å²) in [5, 5.41) is 19.3. The van der Waals surface area contributed by atoms with Crippen LogP contribution in [-0.2, 0) is 14.6 Å². The van der Waals surface area contributed by atoms with Gasteiger partial charge in [0.2, 0.25) is 5.91 Å². The molecule has 0 aliphatic carbocycles. The number of fused-ring (bicyclic) bond motifs is 1. The molecule has 0 spiro atoms. The number of aromatic nitrogens is 4. The number of piperidine rings is 1. The van der Waals surface area contributed by atoms with E-state index < -0.39 is 26.8 Å². The van der Waals surface area contributed by atoms with E-state index in [-0.39, 0.29) is 27.3 Å². The fraction of sp³-hybridized carbons (Fsp3) is 0.207. The second-order valence-electron chi connectivity index (χ2n) is 9.85. The molecule has 44 heavy (non-hydrogen) atoms. The third kappa shape index (κ3) is 6.28. The van der Waals surface area contributed by atoms with Crippen LogP contribution in [0.4, 0.5) is 15.9 Å². The number of likely N-dealkylation sites (tertiary alicyclic amines) is 1. The van der Waals surface area contributed by atoms with Crippen LogP contribution in [0.25, 0.3) is 10.9 Å². The Morgan fingerprint density at radius 1 is 1.07 bits per heavy atom. The van der Waals surface area contributed by atoms with Crippen molar-refractivity contribution in [2.45, 2.75) is 34.0 Å².